The van der Waals surface area contributed by atoms with Gasteiger partial charge in [0.1, 0.15) is 5.71 Å². The molecule has 0 spiro atoms. The molecule has 0 aromatic heterocycles. The SMILES string of the molecule is C[C@H]1CCC/C(=N\Nc2ccc(Br)cc2)C1=O. The smallest absolute Gasteiger partial charge is 0.181 e. The third kappa shape index (κ3) is 3.16. The van der Waals surface area contributed by atoms with E-state index < -0.39 is 0 Å². The lowest BCUT2D eigenvalue weighted by Gasteiger charge is -2.17. The van der Waals surface area contributed by atoms with Gasteiger partial charge in [0.2, 0.25) is 0 Å². The largest absolute Gasteiger partial charge is 0.292 e. The molecule has 0 bridgehead atoms. The number of Topliss-reactive ketones (excluding diaryl/α,β-unsaturated/α-hetero) is 1. The molecule has 1 atom stereocenters. The molecule has 90 valence electrons. The molecule has 1 aromatic carbocycles. The number of hydrogen-bond acceptors (Lipinski definition) is 3. The van der Waals surface area contributed by atoms with Crippen LogP contribution < -0.4 is 5.43 Å². The normalized spacial score (nSPS) is 22.8. The van der Waals surface area contributed by atoms with Crippen LogP contribution in [0.2, 0.25) is 0 Å². The van der Waals surface area contributed by atoms with Gasteiger partial charge in [-0.3, -0.25) is 10.2 Å². The second-order valence-electron chi connectivity index (χ2n) is 4.33. The van der Waals surface area contributed by atoms with Gasteiger partial charge in [0, 0.05) is 10.4 Å². The Morgan fingerprint density at radius 2 is 2.06 bits per heavy atom. The fourth-order valence-corrected chi connectivity index (χ4v) is 2.15. The van der Waals surface area contributed by atoms with E-state index in [0.29, 0.717) is 5.71 Å². The number of anilines is 1. The van der Waals surface area contributed by atoms with Gasteiger partial charge < -0.3 is 0 Å². The van der Waals surface area contributed by atoms with Gasteiger partial charge in [-0.15, -0.1) is 0 Å². The second-order valence-corrected chi connectivity index (χ2v) is 5.25. The molecule has 0 aliphatic heterocycles. The van der Waals surface area contributed by atoms with Crippen LogP contribution in [-0.2, 0) is 4.79 Å². The van der Waals surface area contributed by atoms with E-state index in [-0.39, 0.29) is 11.7 Å². The topological polar surface area (TPSA) is 41.5 Å². The van der Waals surface area contributed by atoms with Crippen LogP contribution in [0.1, 0.15) is 26.2 Å². The van der Waals surface area contributed by atoms with Crippen LogP contribution in [-0.4, -0.2) is 11.5 Å². The zero-order valence-electron chi connectivity index (χ0n) is 9.74. The highest BCUT2D eigenvalue weighted by Gasteiger charge is 2.23. The summed E-state index contributed by atoms with van der Waals surface area (Å²) in [6.45, 7) is 1.97. The van der Waals surface area contributed by atoms with Crippen molar-refractivity contribution in [3.05, 3.63) is 28.7 Å². The summed E-state index contributed by atoms with van der Waals surface area (Å²) in [5.74, 6) is 0.301. The van der Waals surface area contributed by atoms with Gasteiger partial charge >= 0.3 is 0 Å². The molecular weight excluding hydrogens is 280 g/mol. The standard InChI is InChI=1S/C13H15BrN2O/c1-9-3-2-4-12(13(9)17)16-15-11-7-5-10(14)6-8-11/h5-9,15H,2-4H2,1H3/b16-12+/t9-/m0/s1. The lowest BCUT2D eigenvalue weighted by molar-refractivity contribution is -0.116. The maximum atomic E-state index is 11.8. The van der Waals surface area contributed by atoms with Gasteiger partial charge in [0.15, 0.2) is 5.78 Å². The number of carbonyl (C=O) groups excluding carboxylic acids is 1. The zero-order chi connectivity index (χ0) is 12.3. The van der Waals surface area contributed by atoms with Gasteiger partial charge in [-0.1, -0.05) is 22.9 Å². The quantitative estimate of drug-likeness (QED) is 0.847. The summed E-state index contributed by atoms with van der Waals surface area (Å²) in [6.07, 6.45) is 2.82. The first-order valence-electron chi connectivity index (χ1n) is 5.79. The first-order valence-corrected chi connectivity index (χ1v) is 6.58. The molecule has 0 radical (unpaired) electrons. The van der Waals surface area contributed by atoms with Gasteiger partial charge in [-0.05, 0) is 43.5 Å². The molecule has 1 aliphatic carbocycles. The van der Waals surface area contributed by atoms with Crippen LogP contribution in [0, 0.1) is 5.92 Å². The van der Waals surface area contributed by atoms with Gasteiger partial charge in [0.25, 0.3) is 0 Å². The van der Waals surface area contributed by atoms with Crippen LogP contribution in [0.4, 0.5) is 5.69 Å². The van der Waals surface area contributed by atoms with Gasteiger partial charge in [-0.25, -0.2) is 0 Å². The molecule has 1 saturated carbocycles. The first-order chi connectivity index (χ1) is 8.16. The predicted octanol–water partition coefficient (Wildman–Crippen LogP) is 3.61. The van der Waals surface area contributed by atoms with E-state index in [1.54, 1.807) is 0 Å². The zero-order valence-corrected chi connectivity index (χ0v) is 11.3. The Balaban J connectivity index is 2.04. The number of benzene rings is 1. The number of hydrazone groups is 1. The maximum absolute atomic E-state index is 11.8. The van der Waals surface area contributed by atoms with Crippen molar-refractivity contribution in [2.45, 2.75) is 26.2 Å². The molecule has 0 unspecified atom stereocenters. The van der Waals surface area contributed by atoms with Crippen LogP contribution >= 0.6 is 15.9 Å². The molecule has 4 heteroatoms. The van der Waals surface area contributed by atoms with Crippen LogP contribution in [0.5, 0.6) is 0 Å². The number of nitrogens with one attached hydrogen (secondary N) is 1. The predicted molar refractivity (Wildman–Crippen MR) is 73.2 cm³/mol. The van der Waals surface area contributed by atoms with E-state index >= 15 is 0 Å². The Morgan fingerprint density at radius 3 is 2.76 bits per heavy atom. The molecule has 1 fully saturated rings. The molecule has 0 saturated heterocycles. The Labute approximate surface area is 109 Å². The first kappa shape index (κ1) is 12.3. The summed E-state index contributed by atoms with van der Waals surface area (Å²) in [7, 11) is 0. The summed E-state index contributed by atoms with van der Waals surface area (Å²) < 4.78 is 1.03. The van der Waals surface area contributed by atoms with Crippen molar-refractivity contribution < 1.29 is 4.79 Å². The highest BCUT2D eigenvalue weighted by atomic mass is 79.9. The van der Waals surface area contributed by atoms with Crippen molar-refractivity contribution in [2.24, 2.45) is 11.0 Å². The molecule has 3 nitrogen and oxygen atoms in total. The molecule has 2 rings (SSSR count). The highest BCUT2D eigenvalue weighted by Crippen LogP contribution is 2.19. The van der Waals surface area contributed by atoms with Crippen molar-refractivity contribution >= 4 is 33.1 Å². The van der Waals surface area contributed by atoms with Crippen molar-refractivity contribution in [1.29, 1.82) is 0 Å². The Morgan fingerprint density at radius 1 is 1.35 bits per heavy atom. The summed E-state index contributed by atoms with van der Waals surface area (Å²) in [6, 6.07) is 7.72. The number of ketones is 1. The Bertz CT molecular complexity index is 439. The number of rotatable bonds is 2. The summed E-state index contributed by atoms with van der Waals surface area (Å²) in [5, 5.41) is 4.22. The number of carbonyl (C=O) groups is 1. The highest BCUT2D eigenvalue weighted by molar-refractivity contribution is 9.10. The van der Waals surface area contributed by atoms with E-state index in [2.05, 4.69) is 26.5 Å². The minimum atomic E-state index is 0.120. The average molecular weight is 295 g/mol. The van der Waals surface area contributed by atoms with Crippen LogP contribution in [0.3, 0.4) is 0 Å². The summed E-state index contributed by atoms with van der Waals surface area (Å²) in [5.41, 5.74) is 4.51. The van der Waals surface area contributed by atoms with E-state index in [1.807, 2.05) is 31.2 Å². The molecule has 1 aromatic rings. The van der Waals surface area contributed by atoms with Crippen molar-refractivity contribution in [3.63, 3.8) is 0 Å². The monoisotopic (exact) mass is 294 g/mol. The van der Waals surface area contributed by atoms with Gasteiger partial charge in [-0.2, -0.15) is 5.10 Å². The minimum Gasteiger partial charge on any atom is -0.292 e. The molecule has 0 heterocycles. The Kier molecular flexibility index (Phi) is 3.94. The molecule has 1 N–H and O–H groups in total. The fourth-order valence-electron chi connectivity index (χ4n) is 1.88. The van der Waals surface area contributed by atoms with Crippen molar-refractivity contribution in [1.82, 2.24) is 0 Å². The fraction of sp³-hybridized carbons (Fsp3) is 0.385. The van der Waals surface area contributed by atoms with Crippen LogP contribution in [0.25, 0.3) is 0 Å². The minimum absolute atomic E-state index is 0.120. The summed E-state index contributed by atoms with van der Waals surface area (Å²) >= 11 is 3.37. The average Bonchev–Trinajstić information content (AvgIpc) is 2.33. The third-order valence-corrected chi connectivity index (χ3v) is 3.48. The van der Waals surface area contributed by atoms with Gasteiger partial charge in [0.05, 0.1) is 5.69 Å². The number of nitrogens with zero attached hydrogens (tertiary/aromatic N) is 1. The lowest BCUT2D eigenvalue weighted by Crippen LogP contribution is -2.27. The second kappa shape index (κ2) is 5.45. The maximum Gasteiger partial charge on any atom is 0.181 e. The number of hydrogen-bond donors (Lipinski definition) is 1. The molecule has 17 heavy (non-hydrogen) atoms. The number of halogens is 1. The van der Waals surface area contributed by atoms with E-state index in [0.717, 1.165) is 29.4 Å². The Hall–Kier alpha value is -1.16. The lowest BCUT2D eigenvalue weighted by atomic mass is 9.88. The van der Waals surface area contributed by atoms with Crippen LogP contribution in [0.15, 0.2) is 33.8 Å². The molecular formula is C13H15BrN2O. The van der Waals surface area contributed by atoms with E-state index in [1.165, 1.54) is 0 Å². The van der Waals surface area contributed by atoms with Crippen molar-refractivity contribution in [3.8, 4) is 0 Å². The molecule has 0 amide bonds. The van der Waals surface area contributed by atoms with Crippen molar-refractivity contribution in [2.75, 3.05) is 5.43 Å². The molecule has 1 aliphatic rings. The third-order valence-electron chi connectivity index (χ3n) is 2.95. The van der Waals surface area contributed by atoms with E-state index in [4.69, 9.17) is 0 Å². The van der Waals surface area contributed by atoms with E-state index in [9.17, 15) is 4.79 Å². The summed E-state index contributed by atoms with van der Waals surface area (Å²) in [4.78, 5) is 11.8.